The number of ether oxygens (including phenoxy) is 1. The summed E-state index contributed by atoms with van der Waals surface area (Å²) in [5.74, 6) is 1.06. The number of furan rings is 1. The smallest absolute Gasteiger partial charge is 0.122 e. The molecule has 1 saturated heterocycles. The highest BCUT2D eigenvalue weighted by molar-refractivity contribution is 5.17. The van der Waals surface area contributed by atoms with Crippen LogP contribution in [0, 0.1) is 0 Å². The third-order valence-electron chi connectivity index (χ3n) is 3.27. The van der Waals surface area contributed by atoms with E-state index in [-0.39, 0.29) is 5.60 Å². The van der Waals surface area contributed by atoms with Crippen LogP contribution in [0.15, 0.2) is 16.7 Å². The van der Waals surface area contributed by atoms with Crippen LogP contribution in [-0.4, -0.2) is 36.7 Å². The summed E-state index contributed by atoms with van der Waals surface area (Å²) in [7, 11) is 0. The highest BCUT2D eigenvalue weighted by Crippen LogP contribution is 2.20. The molecule has 0 unspecified atom stereocenters. The van der Waals surface area contributed by atoms with Crippen molar-refractivity contribution in [1.82, 2.24) is 10.2 Å². The van der Waals surface area contributed by atoms with Crippen molar-refractivity contribution in [2.24, 2.45) is 0 Å². The molecule has 4 heteroatoms. The molecule has 2 heterocycles. The van der Waals surface area contributed by atoms with Crippen LogP contribution in [0.2, 0.25) is 0 Å². The summed E-state index contributed by atoms with van der Waals surface area (Å²) in [6.45, 7) is 11.9. The van der Waals surface area contributed by atoms with Gasteiger partial charge >= 0.3 is 0 Å². The van der Waals surface area contributed by atoms with Crippen LogP contribution in [-0.2, 0) is 17.8 Å². The maximum atomic E-state index is 5.73. The van der Waals surface area contributed by atoms with Crippen LogP contribution >= 0.6 is 0 Å². The van der Waals surface area contributed by atoms with Gasteiger partial charge in [0.25, 0.3) is 0 Å². The Bertz CT molecular complexity index is 374. The lowest BCUT2D eigenvalue weighted by Gasteiger charge is -2.38. The number of hydrogen-bond acceptors (Lipinski definition) is 4. The first-order valence-electron chi connectivity index (χ1n) is 6.73. The summed E-state index contributed by atoms with van der Waals surface area (Å²) in [5, 5.41) is 3.31. The maximum Gasteiger partial charge on any atom is 0.122 e. The Morgan fingerprint density at radius 2 is 2.28 bits per heavy atom. The van der Waals surface area contributed by atoms with Gasteiger partial charge in [-0.1, -0.05) is 6.92 Å². The van der Waals surface area contributed by atoms with E-state index in [9.17, 15) is 0 Å². The predicted molar refractivity (Wildman–Crippen MR) is 71.4 cm³/mol. The molecule has 2 rings (SSSR count). The fourth-order valence-electron chi connectivity index (χ4n) is 2.39. The molecule has 1 aromatic rings. The van der Waals surface area contributed by atoms with E-state index in [1.165, 1.54) is 5.56 Å². The molecule has 0 saturated carbocycles. The molecule has 0 bridgehead atoms. The number of hydrogen-bond donors (Lipinski definition) is 1. The quantitative estimate of drug-likeness (QED) is 0.870. The van der Waals surface area contributed by atoms with Crippen molar-refractivity contribution < 1.29 is 9.15 Å². The zero-order valence-corrected chi connectivity index (χ0v) is 11.7. The van der Waals surface area contributed by atoms with E-state index in [1.54, 1.807) is 6.26 Å². The van der Waals surface area contributed by atoms with Crippen molar-refractivity contribution in [2.45, 2.75) is 39.5 Å². The number of nitrogens with one attached hydrogen (secondary N) is 1. The Balaban J connectivity index is 1.94. The van der Waals surface area contributed by atoms with Crippen molar-refractivity contribution in [1.29, 1.82) is 0 Å². The largest absolute Gasteiger partial charge is 0.468 e. The van der Waals surface area contributed by atoms with Crippen molar-refractivity contribution >= 4 is 0 Å². The molecule has 4 nitrogen and oxygen atoms in total. The van der Waals surface area contributed by atoms with E-state index >= 15 is 0 Å². The van der Waals surface area contributed by atoms with Crippen molar-refractivity contribution in [3.05, 3.63) is 23.7 Å². The molecule has 1 aliphatic rings. The monoisotopic (exact) mass is 252 g/mol. The van der Waals surface area contributed by atoms with Gasteiger partial charge in [-0.05, 0) is 26.5 Å². The highest BCUT2D eigenvalue weighted by atomic mass is 16.5. The van der Waals surface area contributed by atoms with Crippen LogP contribution in [0.4, 0.5) is 0 Å². The minimum Gasteiger partial charge on any atom is -0.468 e. The molecule has 1 N–H and O–H groups in total. The fourth-order valence-corrected chi connectivity index (χ4v) is 2.39. The van der Waals surface area contributed by atoms with Crippen LogP contribution in [0.25, 0.3) is 0 Å². The number of rotatable bonds is 5. The number of nitrogens with zero attached hydrogens (tertiary/aromatic N) is 1. The maximum absolute atomic E-state index is 5.73. The molecule has 1 fully saturated rings. The highest BCUT2D eigenvalue weighted by Gasteiger charge is 2.27. The second-order valence-electron chi connectivity index (χ2n) is 5.47. The Kier molecular flexibility index (Phi) is 4.43. The molecule has 0 aromatic carbocycles. The summed E-state index contributed by atoms with van der Waals surface area (Å²) in [6.07, 6.45) is 1.79. The van der Waals surface area contributed by atoms with Crippen LogP contribution in [0.1, 0.15) is 32.1 Å². The lowest BCUT2D eigenvalue weighted by molar-refractivity contribution is -0.0883. The molecule has 0 atom stereocenters. The third-order valence-corrected chi connectivity index (χ3v) is 3.27. The molecule has 1 aliphatic heterocycles. The van der Waals surface area contributed by atoms with Gasteiger partial charge in [0.2, 0.25) is 0 Å². The molecule has 0 radical (unpaired) electrons. The molecule has 0 aliphatic carbocycles. The Hall–Kier alpha value is -0.840. The second-order valence-corrected chi connectivity index (χ2v) is 5.47. The zero-order chi connectivity index (χ0) is 13.0. The van der Waals surface area contributed by atoms with Crippen molar-refractivity contribution in [2.75, 3.05) is 26.2 Å². The van der Waals surface area contributed by atoms with Gasteiger partial charge in [-0.15, -0.1) is 0 Å². The van der Waals surface area contributed by atoms with Gasteiger partial charge in [-0.25, -0.2) is 0 Å². The van der Waals surface area contributed by atoms with Gasteiger partial charge in [0.05, 0.1) is 25.0 Å². The molecule has 0 amide bonds. The standard InChI is InChI=1S/C14H24N2O2/c1-4-15-9-13-12(5-7-17-13)10-16-6-8-18-14(2,3)11-16/h5,7,15H,4,6,8-11H2,1-3H3. The Morgan fingerprint density at radius 3 is 3.00 bits per heavy atom. The predicted octanol–water partition coefficient (Wildman–Crippen LogP) is 2.00. The molecule has 1 aromatic heterocycles. The molecule has 102 valence electrons. The van der Waals surface area contributed by atoms with Gasteiger partial charge in [0.1, 0.15) is 5.76 Å². The fraction of sp³-hybridized carbons (Fsp3) is 0.714. The average molecular weight is 252 g/mol. The Labute approximate surface area is 109 Å². The van der Waals surface area contributed by atoms with Gasteiger partial charge < -0.3 is 14.5 Å². The minimum absolute atomic E-state index is 0.0379. The van der Waals surface area contributed by atoms with Crippen LogP contribution in [0.5, 0.6) is 0 Å². The van der Waals surface area contributed by atoms with Gasteiger partial charge in [-0.2, -0.15) is 0 Å². The van der Waals surface area contributed by atoms with Crippen molar-refractivity contribution in [3.63, 3.8) is 0 Å². The lowest BCUT2D eigenvalue weighted by atomic mass is 10.1. The summed E-state index contributed by atoms with van der Waals surface area (Å²) >= 11 is 0. The first kappa shape index (κ1) is 13.6. The van der Waals surface area contributed by atoms with E-state index in [1.807, 2.05) is 0 Å². The van der Waals surface area contributed by atoms with E-state index in [2.05, 4.69) is 37.1 Å². The normalized spacial score (nSPS) is 20.2. The van der Waals surface area contributed by atoms with Crippen LogP contribution < -0.4 is 5.32 Å². The zero-order valence-electron chi connectivity index (χ0n) is 11.7. The number of morpholine rings is 1. The van der Waals surface area contributed by atoms with E-state index in [4.69, 9.17) is 9.15 Å². The third kappa shape index (κ3) is 3.57. The first-order chi connectivity index (χ1) is 8.61. The van der Waals surface area contributed by atoms with Gasteiger partial charge in [0, 0.05) is 25.2 Å². The molecule has 0 spiro atoms. The van der Waals surface area contributed by atoms with E-state index < -0.39 is 0 Å². The van der Waals surface area contributed by atoms with E-state index in [0.717, 1.165) is 45.1 Å². The topological polar surface area (TPSA) is 37.6 Å². The Morgan fingerprint density at radius 1 is 1.44 bits per heavy atom. The lowest BCUT2D eigenvalue weighted by Crippen LogP contribution is -2.47. The summed E-state index contributed by atoms with van der Waals surface area (Å²) in [6, 6.07) is 2.08. The summed E-state index contributed by atoms with van der Waals surface area (Å²) in [4.78, 5) is 2.43. The summed E-state index contributed by atoms with van der Waals surface area (Å²) in [5.41, 5.74) is 1.25. The molecular formula is C14H24N2O2. The molecule has 18 heavy (non-hydrogen) atoms. The minimum atomic E-state index is -0.0379. The average Bonchev–Trinajstić information content (AvgIpc) is 2.72. The first-order valence-corrected chi connectivity index (χ1v) is 6.73. The van der Waals surface area contributed by atoms with Gasteiger partial charge in [0.15, 0.2) is 0 Å². The van der Waals surface area contributed by atoms with Gasteiger partial charge in [-0.3, -0.25) is 4.90 Å². The van der Waals surface area contributed by atoms with Crippen LogP contribution in [0.3, 0.4) is 0 Å². The SMILES string of the molecule is CCNCc1occc1CN1CCOC(C)(C)C1. The summed E-state index contributed by atoms with van der Waals surface area (Å²) < 4.78 is 11.3. The second kappa shape index (κ2) is 5.87. The molecular weight excluding hydrogens is 228 g/mol. The van der Waals surface area contributed by atoms with E-state index in [0.29, 0.717) is 0 Å². The van der Waals surface area contributed by atoms with Crippen molar-refractivity contribution in [3.8, 4) is 0 Å².